The van der Waals surface area contributed by atoms with Crippen molar-refractivity contribution in [1.29, 1.82) is 0 Å². The first-order chi connectivity index (χ1) is 9.66. The smallest absolute Gasteiger partial charge is 0.191 e. The molecule has 1 fully saturated rings. The predicted molar refractivity (Wildman–Crippen MR) is 86.1 cm³/mol. The lowest BCUT2D eigenvalue weighted by molar-refractivity contribution is 0.428. The quantitative estimate of drug-likeness (QED) is 0.680. The molecule has 0 radical (unpaired) electrons. The molecule has 2 rings (SSSR count). The second-order valence-corrected chi connectivity index (χ2v) is 5.64. The highest BCUT2D eigenvalue weighted by Gasteiger charge is 2.10. The van der Waals surface area contributed by atoms with Gasteiger partial charge in [-0.05, 0) is 30.5 Å². The summed E-state index contributed by atoms with van der Waals surface area (Å²) in [4.78, 5) is 8.89. The van der Waals surface area contributed by atoms with Crippen molar-refractivity contribution in [2.24, 2.45) is 10.7 Å². The fraction of sp³-hybridized carbons (Fsp3) is 0.562. The molecule has 4 heteroatoms. The largest absolute Gasteiger partial charge is 0.378 e. The third-order valence-electron chi connectivity index (χ3n) is 3.78. The van der Waals surface area contributed by atoms with Crippen molar-refractivity contribution >= 4 is 11.6 Å². The standard InChI is InChI=1S/C16H26N4/c1-19(2)15-9-7-8-14(12-15)13-18-16(17)20-10-5-3-4-6-11-20/h7-9,12H,3-6,10-11,13H2,1-2H3,(H2,17,18). The summed E-state index contributed by atoms with van der Waals surface area (Å²) >= 11 is 0. The van der Waals surface area contributed by atoms with E-state index in [1.165, 1.54) is 36.9 Å². The maximum absolute atomic E-state index is 6.13. The summed E-state index contributed by atoms with van der Waals surface area (Å²) < 4.78 is 0. The van der Waals surface area contributed by atoms with Crippen LogP contribution in [-0.4, -0.2) is 38.0 Å². The van der Waals surface area contributed by atoms with Crippen molar-refractivity contribution in [3.8, 4) is 0 Å². The van der Waals surface area contributed by atoms with E-state index in [1.54, 1.807) is 0 Å². The van der Waals surface area contributed by atoms with Gasteiger partial charge in [0.1, 0.15) is 0 Å². The van der Waals surface area contributed by atoms with E-state index in [0.29, 0.717) is 12.5 Å². The summed E-state index contributed by atoms with van der Waals surface area (Å²) in [5.41, 5.74) is 8.53. The van der Waals surface area contributed by atoms with Gasteiger partial charge in [0.15, 0.2) is 5.96 Å². The molecule has 0 unspecified atom stereocenters. The SMILES string of the molecule is CN(C)c1cccc(CN=C(N)N2CCCCCC2)c1. The number of anilines is 1. The highest BCUT2D eigenvalue weighted by atomic mass is 15.2. The summed E-state index contributed by atoms with van der Waals surface area (Å²) in [5.74, 6) is 0.696. The zero-order chi connectivity index (χ0) is 14.4. The van der Waals surface area contributed by atoms with Crippen LogP contribution >= 0.6 is 0 Å². The molecular formula is C16H26N4. The molecule has 1 heterocycles. The van der Waals surface area contributed by atoms with E-state index in [9.17, 15) is 0 Å². The van der Waals surface area contributed by atoms with E-state index in [-0.39, 0.29) is 0 Å². The van der Waals surface area contributed by atoms with Crippen LogP contribution in [0.1, 0.15) is 31.2 Å². The number of likely N-dealkylation sites (tertiary alicyclic amines) is 1. The lowest BCUT2D eigenvalue weighted by Crippen LogP contribution is -2.38. The Hall–Kier alpha value is -1.71. The van der Waals surface area contributed by atoms with Gasteiger partial charge in [0.25, 0.3) is 0 Å². The van der Waals surface area contributed by atoms with Crippen molar-refractivity contribution in [2.75, 3.05) is 32.1 Å². The van der Waals surface area contributed by atoms with Crippen LogP contribution in [0.2, 0.25) is 0 Å². The Kier molecular flexibility index (Phi) is 5.27. The molecule has 1 aromatic rings. The molecule has 20 heavy (non-hydrogen) atoms. The number of hydrogen-bond donors (Lipinski definition) is 1. The molecule has 0 saturated carbocycles. The van der Waals surface area contributed by atoms with Gasteiger partial charge in [-0.3, -0.25) is 0 Å². The number of hydrogen-bond acceptors (Lipinski definition) is 2. The predicted octanol–water partition coefficient (Wildman–Crippen LogP) is 2.44. The minimum Gasteiger partial charge on any atom is -0.378 e. The number of nitrogens with zero attached hydrogens (tertiary/aromatic N) is 3. The van der Waals surface area contributed by atoms with E-state index in [1.807, 2.05) is 14.1 Å². The number of rotatable bonds is 3. The molecule has 0 aromatic heterocycles. The van der Waals surface area contributed by atoms with Gasteiger partial charge in [-0.2, -0.15) is 0 Å². The molecule has 1 saturated heterocycles. The van der Waals surface area contributed by atoms with Crippen LogP contribution in [0.4, 0.5) is 5.69 Å². The highest BCUT2D eigenvalue weighted by Crippen LogP contribution is 2.14. The summed E-state index contributed by atoms with van der Waals surface area (Å²) in [5, 5.41) is 0. The van der Waals surface area contributed by atoms with Gasteiger partial charge in [0.05, 0.1) is 6.54 Å². The number of benzene rings is 1. The van der Waals surface area contributed by atoms with E-state index in [0.717, 1.165) is 13.1 Å². The lowest BCUT2D eigenvalue weighted by atomic mass is 10.2. The fourth-order valence-electron chi connectivity index (χ4n) is 2.51. The van der Waals surface area contributed by atoms with Crippen LogP contribution in [0.3, 0.4) is 0 Å². The Bertz CT molecular complexity index is 446. The van der Waals surface area contributed by atoms with Crippen LogP contribution in [0, 0.1) is 0 Å². The van der Waals surface area contributed by atoms with Crippen molar-refractivity contribution in [1.82, 2.24) is 4.90 Å². The first-order valence-electron chi connectivity index (χ1n) is 7.48. The van der Waals surface area contributed by atoms with Gasteiger partial charge in [0, 0.05) is 32.9 Å². The van der Waals surface area contributed by atoms with Crippen molar-refractivity contribution in [3.63, 3.8) is 0 Å². The second-order valence-electron chi connectivity index (χ2n) is 5.64. The van der Waals surface area contributed by atoms with E-state index >= 15 is 0 Å². The molecule has 1 aliphatic heterocycles. The number of nitrogens with two attached hydrogens (primary N) is 1. The Morgan fingerprint density at radius 1 is 1.20 bits per heavy atom. The summed E-state index contributed by atoms with van der Waals surface area (Å²) in [6.45, 7) is 2.75. The van der Waals surface area contributed by atoms with Crippen LogP contribution in [0.15, 0.2) is 29.3 Å². The summed E-state index contributed by atoms with van der Waals surface area (Å²) in [6.07, 6.45) is 5.09. The fourth-order valence-corrected chi connectivity index (χ4v) is 2.51. The Morgan fingerprint density at radius 3 is 2.55 bits per heavy atom. The maximum Gasteiger partial charge on any atom is 0.191 e. The van der Waals surface area contributed by atoms with Gasteiger partial charge < -0.3 is 15.5 Å². The molecule has 0 aliphatic carbocycles. The van der Waals surface area contributed by atoms with E-state index < -0.39 is 0 Å². The molecule has 0 amide bonds. The van der Waals surface area contributed by atoms with Gasteiger partial charge in [-0.1, -0.05) is 25.0 Å². The van der Waals surface area contributed by atoms with Gasteiger partial charge in [0.2, 0.25) is 0 Å². The number of aliphatic imine (C=N–C) groups is 1. The molecule has 2 N–H and O–H groups in total. The zero-order valence-corrected chi connectivity index (χ0v) is 12.7. The molecule has 4 nitrogen and oxygen atoms in total. The summed E-state index contributed by atoms with van der Waals surface area (Å²) in [7, 11) is 4.10. The first kappa shape index (κ1) is 14.7. The molecule has 1 aromatic carbocycles. The third kappa shape index (κ3) is 4.15. The van der Waals surface area contributed by atoms with Crippen molar-refractivity contribution < 1.29 is 0 Å². The van der Waals surface area contributed by atoms with Crippen LogP contribution in [-0.2, 0) is 6.54 Å². The highest BCUT2D eigenvalue weighted by molar-refractivity contribution is 5.78. The monoisotopic (exact) mass is 274 g/mol. The molecule has 0 atom stereocenters. The molecule has 0 bridgehead atoms. The van der Waals surface area contributed by atoms with Crippen LogP contribution in [0.25, 0.3) is 0 Å². The Labute approximate surface area is 122 Å². The van der Waals surface area contributed by atoms with E-state index in [2.05, 4.69) is 39.1 Å². The third-order valence-corrected chi connectivity index (χ3v) is 3.78. The topological polar surface area (TPSA) is 44.9 Å². The van der Waals surface area contributed by atoms with E-state index in [4.69, 9.17) is 5.73 Å². The number of guanidine groups is 1. The minimum absolute atomic E-state index is 0.657. The van der Waals surface area contributed by atoms with Crippen LogP contribution in [0.5, 0.6) is 0 Å². The average molecular weight is 274 g/mol. The second kappa shape index (κ2) is 7.17. The average Bonchev–Trinajstić information content (AvgIpc) is 2.74. The molecule has 1 aliphatic rings. The molecule has 0 spiro atoms. The lowest BCUT2D eigenvalue weighted by Gasteiger charge is -2.21. The van der Waals surface area contributed by atoms with Gasteiger partial charge in [-0.25, -0.2) is 4.99 Å². The minimum atomic E-state index is 0.657. The zero-order valence-electron chi connectivity index (χ0n) is 12.7. The Morgan fingerprint density at radius 2 is 1.90 bits per heavy atom. The van der Waals surface area contributed by atoms with Crippen molar-refractivity contribution in [3.05, 3.63) is 29.8 Å². The van der Waals surface area contributed by atoms with Gasteiger partial charge in [-0.15, -0.1) is 0 Å². The molecule has 110 valence electrons. The maximum atomic E-state index is 6.13. The van der Waals surface area contributed by atoms with Crippen LogP contribution < -0.4 is 10.6 Å². The Balaban J connectivity index is 1.98. The van der Waals surface area contributed by atoms with Gasteiger partial charge >= 0.3 is 0 Å². The molecular weight excluding hydrogens is 248 g/mol. The summed E-state index contributed by atoms with van der Waals surface area (Å²) in [6, 6.07) is 8.44. The normalized spacial score (nSPS) is 16.9. The first-order valence-corrected chi connectivity index (χ1v) is 7.48. The van der Waals surface area contributed by atoms with Crippen molar-refractivity contribution in [2.45, 2.75) is 32.2 Å².